The van der Waals surface area contributed by atoms with E-state index in [4.69, 9.17) is 10.5 Å². The van der Waals surface area contributed by atoms with Gasteiger partial charge in [-0.25, -0.2) is 0 Å². The molecule has 1 aliphatic carbocycles. The Bertz CT molecular complexity index is 319. The Morgan fingerprint density at radius 1 is 1.43 bits per heavy atom. The van der Waals surface area contributed by atoms with Crippen LogP contribution < -0.4 is 10.5 Å². The highest BCUT2D eigenvalue weighted by Gasteiger charge is 2.32. The summed E-state index contributed by atoms with van der Waals surface area (Å²) < 4.78 is 5.16. The van der Waals surface area contributed by atoms with Crippen LogP contribution in [0.5, 0.6) is 5.75 Å². The van der Waals surface area contributed by atoms with Gasteiger partial charge in [-0.2, -0.15) is 0 Å². The molecule has 0 spiro atoms. The zero-order valence-electron chi connectivity index (χ0n) is 8.49. The second-order valence-electron chi connectivity index (χ2n) is 3.94. The minimum absolute atomic E-state index is 0.214. The molecule has 0 aliphatic heterocycles. The van der Waals surface area contributed by atoms with Crippen molar-refractivity contribution in [1.29, 1.82) is 0 Å². The number of aromatic nitrogens is 1. The summed E-state index contributed by atoms with van der Waals surface area (Å²) >= 11 is 0. The fourth-order valence-corrected chi connectivity index (χ4v) is 2.07. The molecule has 0 saturated heterocycles. The topological polar surface area (TPSA) is 48.1 Å². The summed E-state index contributed by atoms with van der Waals surface area (Å²) in [6, 6.07) is 3.80. The monoisotopic (exact) mass is 192 g/mol. The third-order valence-corrected chi connectivity index (χ3v) is 2.97. The van der Waals surface area contributed by atoms with E-state index in [0.717, 1.165) is 24.3 Å². The third kappa shape index (κ3) is 1.60. The van der Waals surface area contributed by atoms with Crippen molar-refractivity contribution in [1.82, 2.24) is 4.98 Å². The van der Waals surface area contributed by atoms with Gasteiger partial charge in [0.1, 0.15) is 5.75 Å². The Hall–Kier alpha value is -1.09. The van der Waals surface area contributed by atoms with E-state index in [1.165, 1.54) is 12.8 Å². The number of pyridine rings is 1. The van der Waals surface area contributed by atoms with E-state index in [1.54, 1.807) is 13.3 Å². The summed E-state index contributed by atoms with van der Waals surface area (Å²) in [6.07, 6.45) is 6.24. The SMILES string of the molecule is COc1ccnc(C2(N)CCCC2)c1. The van der Waals surface area contributed by atoms with Crippen LogP contribution in [-0.4, -0.2) is 12.1 Å². The molecule has 0 radical (unpaired) electrons. The zero-order chi connectivity index (χ0) is 10.0. The molecule has 0 unspecified atom stereocenters. The zero-order valence-corrected chi connectivity index (χ0v) is 8.49. The lowest BCUT2D eigenvalue weighted by Crippen LogP contribution is -2.34. The van der Waals surface area contributed by atoms with E-state index in [1.807, 2.05) is 12.1 Å². The van der Waals surface area contributed by atoms with Gasteiger partial charge < -0.3 is 10.5 Å². The summed E-state index contributed by atoms with van der Waals surface area (Å²) in [5.74, 6) is 0.840. The maximum atomic E-state index is 6.29. The van der Waals surface area contributed by atoms with Crippen molar-refractivity contribution in [2.24, 2.45) is 5.73 Å². The summed E-state index contributed by atoms with van der Waals surface area (Å²) in [5.41, 5.74) is 7.04. The molecule has 1 saturated carbocycles. The van der Waals surface area contributed by atoms with Crippen LogP contribution in [-0.2, 0) is 5.54 Å². The second kappa shape index (κ2) is 3.58. The van der Waals surface area contributed by atoms with E-state index >= 15 is 0 Å². The van der Waals surface area contributed by atoms with Crippen molar-refractivity contribution in [2.45, 2.75) is 31.2 Å². The van der Waals surface area contributed by atoms with Crippen molar-refractivity contribution in [3.05, 3.63) is 24.0 Å². The molecule has 3 heteroatoms. The molecule has 2 N–H and O–H groups in total. The van der Waals surface area contributed by atoms with Gasteiger partial charge in [-0.1, -0.05) is 12.8 Å². The van der Waals surface area contributed by atoms with Crippen molar-refractivity contribution in [2.75, 3.05) is 7.11 Å². The largest absolute Gasteiger partial charge is 0.497 e. The highest BCUT2D eigenvalue weighted by molar-refractivity contribution is 5.27. The number of hydrogen-bond acceptors (Lipinski definition) is 3. The molecule has 14 heavy (non-hydrogen) atoms. The maximum absolute atomic E-state index is 6.29. The molecule has 2 rings (SSSR count). The van der Waals surface area contributed by atoms with Gasteiger partial charge in [-0.3, -0.25) is 4.98 Å². The Balaban J connectivity index is 2.30. The normalized spacial score (nSPS) is 19.6. The van der Waals surface area contributed by atoms with Crippen LogP contribution in [0.25, 0.3) is 0 Å². The molecule has 0 amide bonds. The van der Waals surface area contributed by atoms with Crippen LogP contribution in [0.1, 0.15) is 31.4 Å². The molecule has 1 aromatic heterocycles. The van der Waals surface area contributed by atoms with Gasteiger partial charge in [0.2, 0.25) is 0 Å². The molecule has 3 nitrogen and oxygen atoms in total. The van der Waals surface area contributed by atoms with Gasteiger partial charge >= 0.3 is 0 Å². The smallest absolute Gasteiger partial charge is 0.122 e. The molecule has 0 bridgehead atoms. The first kappa shape index (κ1) is 9.46. The van der Waals surface area contributed by atoms with Crippen molar-refractivity contribution >= 4 is 0 Å². The summed E-state index contributed by atoms with van der Waals surface area (Å²) in [4.78, 5) is 4.34. The molecule has 0 aromatic carbocycles. The maximum Gasteiger partial charge on any atom is 0.122 e. The predicted octanol–water partition coefficient (Wildman–Crippen LogP) is 1.82. The lowest BCUT2D eigenvalue weighted by Gasteiger charge is -2.22. The number of ether oxygens (including phenoxy) is 1. The standard InChI is InChI=1S/C11H16N2O/c1-14-9-4-7-13-10(8-9)11(12)5-2-3-6-11/h4,7-8H,2-3,5-6,12H2,1H3. The molecular weight excluding hydrogens is 176 g/mol. The highest BCUT2D eigenvalue weighted by Crippen LogP contribution is 2.35. The van der Waals surface area contributed by atoms with Crippen LogP contribution in [0.2, 0.25) is 0 Å². The van der Waals surface area contributed by atoms with Crippen LogP contribution in [0, 0.1) is 0 Å². The first-order chi connectivity index (χ1) is 6.74. The van der Waals surface area contributed by atoms with Crippen molar-refractivity contribution < 1.29 is 4.74 Å². The number of rotatable bonds is 2. The average molecular weight is 192 g/mol. The molecular formula is C11H16N2O. The van der Waals surface area contributed by atoms with E-state index in [9.17, 15) is 0 Å². The van der Waals surface area contributed by atoms with Crippen LogP contribution in [0.4, 0.5) is 0 Å². The fourth-order valence-electron chi connectivity index (χ4n) is 2.07. The van der Waals surface area contributed by atoms with Gasteiger partial charge in [0.05, 0.1) is 18.3 Å². The Morgan fingerprint density at radius 3 is 2.79 bits per heavy atom. The first-order valence-corrected chi connectivity index (χ1v) is 5.04. The third-order valence-electron chi connectivity index (χ3n) is 2.97. The van der Waals surface area contributed by atoms with Gasteiger partial charge in [0.25, 0.3) is 0 Å². The lowest BCUT2D eigenvalue weighted by atomic mass is 9.94. The Morgan fingerprint density at radius 2 is 2.14 bits per heavy atom. The molecule has 76 valence electrons. The Kier molecular flexibility index (Phi) is 2.42. The minimum Gasteiger partial charge on any atom is -0.497 e. The molecule has 1 fully saturated rings. The quantitative estimate of drug-likeness (QED) is 0.777. The van der Waals surface area contributed by atoms with E-state index in [-0.39, 0.29) is 5.54 Å². The number of nitrogens with two attached hydrogens (primary N) is 1. The predicted molar refractivity (Wildman–Crippen MR) is 55.1 cm³/mol. The van der Waals surface area contributed by atoms with Gasteiger partial charge in [-0.05, 0) is 18.9 Å². The van der Waals surface area contributed by atoms with Gasteiger partial charge in [0, 0.05) is 12.3 Å². The number of hydrogen-bond donors (Lipinski definition) is 1. The number of nitrogens with zero attached hydrogens (tertiary/aromatic N) is 1. The molecule has 0 atom stereocenters. The van der Waals surface area contributed by atoms with E-state index in [0.29, 0.717) is 0 Å². The van der Waals surface area contributed by atoms with E-state index in [2.05, 4.69) is 4.98 Å². The highest BCUT2D eigenvalue weighted by atomic mass is 16.5. The van der Waals surface area contributed by atoms with Crippen molar-refractivity contribution in [3.63, 3.8) is 0 Å². The summed E-state index contributed by atoms with van der Waals surface area (Å²) in [5, 5.41) is 0. The van der Waals surface area contributed by atoms with Gasteiger partial charge in [-0.15, -0.1) is 0 Å². The van der Waals surface area contributed by atoms with Crippen LogP contribution >= 0.6 is 0 Å². The minimum atomic E-state index is -0.214. The number of methoxy groups -OCH3 is 1. The lowest BCUT2D eigenvalue weighted by molar-refractivity contribution is 0.404. The second-order valence-corrected chi connectivity index (χ2v) is 3.94. The molecule has 1 heterocycles. The van der Waals surface area contributed by atoms with E-state index < -0.39 is 0 Å². The van der Waals surface area contributed by atoms with Gasteiger partial charge in [0.15, 0.2) is 0 Å². The summed E-state index contributed by atoms with van der Waals surface area (Å²) in [6.45, 7) is 0. The first-order valence-electron chi connectivity index (χ1n) is 5.04. The van der Waals surface area contributed by atoms with Crippen LogP contribution in [0.15, 0.2) is 18.3 Å². The average Bonchev–Trinajstić information content (AvgIpc) is 2.67. The fraction of sp³-hybridized carbons (Fsp3) is 0.545. The summed E-state index contributed by atoms with van der Waals surface area (Å²) in [7, 11) is 1.66. The van der Waals surface area contributed by atoms with Crippen molar-refractivity contribution in [3.8, 4) is 5.75 Å². The van der Waals surface area contributed by atoms with Crippen LogP contribution in [0.3, 0.4) is 0 Å². The Labute approximate surface area is 84.3 Å². The molecule has 1 aliphatic rings. The molecule has 1 aromatic rings.